The molecule has 27 heavy (non-hydrogen) atoms. The van der Waals surface area contributed by atoms with Gasteiger partial charge >= 0.3 is 0 Å². The van der Waals surface area contributed by atoms with E-state index in [1.807, 2.05) is 25.1 Å². The monoisotopic (exact) mass is 405 g/mol. The van der Waals surface area contributed by atoms with Gasteiger partial charge in [0.2, 0.25) is 11.1 Å². The van der Waals surface area contributed by atoms with Crippen molar-refractivity contribution in [3.63, 3.8) is 0 Å². The number of thioether (sulfide) groups is 1. The molecule has 0 aliphatic heterocycles. The standard InChI is InChI=1S/C19H24ClN5OS/c1-13(18(26)22-12-11-14-7-3-2-4-8-14)27-19-24-23-17(25(19)21)15-9-5-6-10-16(15)20/h5-7,9-10,13H,2-4,8,11-12,21H2,1H3,(H,22,26)/t13-/m1/s1. The third-order valence-corrected chi connectivity index (χ3v) is 5.95. The number of halogens is 1. The molecule has 0 saturated heterocycles. The highest BCUT2D eigenvalue weighted by molar-refractivity contribution is 8.00. The summed E-state index contributed by atoms with van der Waals surface area (Å²) in [6, 6.07) is 7.31. The number of carbonyl (C=O) groups is 1. The maximum atomic E-state index is 12.4. The van der Waals surface area contributed by atoms with Gasteiger partial charge in [-0.05, 0) is 51.2 Å². The molecule has 1 atom stereocenters. The maximum Gasteiger partial charge on any atom is 0.233 e. The Kier molecular flexibility index (Phi) is 6.79. The topological polar surface area (TPSA) is 85.8 Å². The molecule has 0 fully saturated rings. The number of nitrogens with one attached hydrogen (secondary N) is 1. The number of hydrogen-bond acceptors (Lipinski definition) is 5. The molecule has 0 saturated carbocycles. The maximum absolute atomic E-state index is 12.4. The quantitative estimate of drug-likeness (QED) is 0.415. The number of hydrogen-bond donors (Lipinski definition) is 2. The summed E-state index contributed by atoms with van der Waals surface area (Å²) >= 11 is 7.49. The molecule has 2 aromatic rings. The van der Waals surface area contributed by atoms with Crippen LogP contribution in [0.2, 0.25) is 5.02 Å². The van der Waals surface area contributed by atoms with E-state index in [1.54, 1.807) is 6.07 Å². The van der Waals surface area contributed by atoms with Crippen LogP contribution in [0.3, 0.4) is 0 Å². The fourth-order valence-corrected chi connectivity index (χ4v) is 4.03. The number of aromatic nitrogens is 3. The average molecular weight is 406 g/mol. The van der Waals surface area contributed by atoms with Gasteiger partial charge in [-0.3, -0.25) is 4.79 Å². The molecule has 1 heterocycles. The minimum absolute atomic E-state index is 0.0290. The van der Waals surface area contributed by atoms with Gasteiger partial charge in [-0.15, -0.1) is 10.2 Å². The minimum atomic E-state index is -0.323. The number of nitrogens with two attached hydrogens (primary N) is 1. The number of allylic oxidation sites excluding steroid dienone is 1. The summed E-state index contributed by atoms with van der Waals surface area (Å²) in [5.74, 6) is 6.57. The van der Waals surface area contributed by atoms with E-state index in [0.29, 0.717) is 28.1 Å². The fourth-order valence-electron chi connectivity index (χ4n) is 3.02. The zero-order valence-corrected chi connectivity index (χ0v) is 16.9. The molecule has 1 aromatic heterocycles. The summed E-state index contributed by atoms with van der Waals surface area (Å²) in [5, 5.41) is 11.9. The molecule has 0 bridgehead atoms. The van der Waals surface area contributed by atoms with Crippen LogP contribution in [0.25, 0.3) is 11.4 Å². The first-order valence-corrected chi connectivity index (χ1v) is 10.4. The van der Waals surface area contributed by atoms with Crippen molar-refractivity contribution in [1.29, 1.82) is 0 Å². The van der Waals surface area contributed by atoms with E-state index < -0.39 is 0 Å². The highest BCUT2D eigenvalue weighted by atomic mass is 35.5. The lowest BCUT2D eigenvalue weighted by atomic mass is 9.97. The predicted octanol–water partition coefficient (Wildman–Crippen LogP) is 3.80. The Bertz CT molecular complexity index is 835. The zero-order valence-electron chi connectivity index (χ0n) is 15.3. The van der Waals surface area contributed by atoms with Crippen LogP contribution >= 0.6 is 23.4 Å². The molecule has 0 radical (unpaired) electrons. The smallest absolute Gasteiger partial charge is 0.233 e. The molecular formula is C19H24ClN5OS. The Morgan fingerprint density at radius 2 is 2.19 bits per heavy atom. The minimum Gasteiger partial charge on any atom is -0.355 e. The lowest BCUT2D eigenvalue weighted by Gasteiger charge is -2.14. The van der Waals surface area contributed by atoms with Crippen molar-refractivity contribution in [3.8, 4) is 11.4 Å². The first kappa shape index (κ1) is 19.8. The molecule has 3 N–H and O–H groups in total. The highest BCUT2D eigenvalue weighted by Crippen LogP contribution is 2.29. The van der Waals surface area contributed by atoms with E-state index in [-0.39, 0.29) is 11.2 Å². The molecule has 1 aromatic carbocycles. The molecule has 144 valence electrons. The average Bonchev–Trinajstić information content (AvgIpc) is 3.03. The van der Waals surface area contributed by atoms with E-state index in [1.165, 1.54) is 34.9 Å². The number of nitrogen functional groups attached to an aromatic ring is 1. The van der Waals surface area contributed by atoms with Gasteiger partial charge in [0.1, 0.15) is 0 Å². The SMILES string of the molecule is C[C@@H](Sc1nnc(-c2ccccc2Cl)n1N)C(=O)NCCC1=CCCCC1. The van der Waals surface area contributed by atoms with Crippen molar-refractivity contribution in [3.05, 3.63) is 40.9 Å². The second-order valence-electron chi connectivity index (χ2n) is 6.57. The number of amides is 1. The molecule has 6 nitrogen and oxygen atoms in total. The Morgan fingerprint density at radius 3 is 2.93 bits per heavy atom. The van der Waals surface area contributed by atoms with Crippen LogP contribution in [0.5, 0.6) is 0 Å². The third-order valence-electron chi connectivity index (χ3n) is 4.56. The predicted molar refractivity (Wildman–Crippen MR) is 110 cm³/mol. The van der Waals surface area contributed by atoms with Crippen LogP contribution in [0.15, 0.2) is 41.1 Å². The normalized spacial score (nSPS) is 15.3. The van der Waals surface area contributed by atoms with Gasteiger partial charge in [0.25, 0.3) is 0 Å². The van der Waals surface area contributed by atoms with Crippen LogP contribution in [-0.4, -0.2) is 32.6 Å². The van der Waals surface area contributed by atoms with Crippen molar-refractivity contribution >= 4 is 29.3 Å². The van der Waals surface area contributed by atoms with E-state index in [0.717, 1.165) is 19.3 Å². The number of benzene rings is 1. The lowest BCUT2D eigenvalue weighted by molar-refractivity contribution is -0.120. The van der Waals surface area contributed by atoms with Crippen molar-refractivity contribution in [2.45, 2.75) is 49.4 Å². The molecule has 0 unspecified atom stereocenters. The van der Waals surface area contributed by atoms with Crippen molar-refractivity contribution in [1.82, 2.24) is 20.2 Å². The van der Waals surface area contributed by atoms with Crippen LogP contribution in [0, 0.1) is 0 Å². The third kappa shape index (κ3) is 5.05. The Labute approximate surface area is 168 Å². The van der Waals surface area contributed by atoms with Crippen molar-refractivity contribution in [2.24, 2.45) is 0 Å². The Hall–Kier alpha value is -1.99. The van der Waals surface area contributed by atoms with Crippen LogP contribution in [-0.2, 0) is 4.79 Å². The van der Waals surface area contributed by atoms with Gasteiger partial charge in [-0.2, -0.15) is 0 Å². The van der Waals surface area contributed by atoms with E-state index in [9.17, 15) is 4.79 Å². The van der Waals surface area contributed by atoms with Gasteiger partial charge in [-0.1, -0.05) is 47.1 Å². The van der Waals surface area contributed by atoms with Crippen LogP contribution in [0.1, 0.15) is 39.0 Å². The van der Waals surface area contributed by atoms with Gasteiger partial charge < -0.3 is 11.2 Å². The van der Waals surface area contributed by atoms with Gasteiger partial charge in [0.05, 0.1) is 10.3 Å². The number of rotatable bonds is 7. The molecule has 3 rings (SSSR count). The summed E-state index contributed by atoms with van der Waals surface area (Å²) in [6.45, 7) is 2.50. The van der Waals surface area contributed by atoms with Crippen LogP contribution < -0.4 is 11.2 Å². The van der Waals surface area contributed by atoms with Crippen molar-refractivity contribution < 1.29 is 4.79 Å². The summed E-state index contributed by atoms with van der Waals surface area (Å²) in [5.41, 5.74) is 2.16. The highest BCUT2D eigenvalue weighted by Gasteiger charge is 2.20. The number of carbonyl (C=O) groups excluding carboxylic acids is 1. The summed E-state index contributed by atoms with van der Waals surface area (Å²) in [6.07, 6.45) is 8.08. The zero-order chi connectivity index (χ0) is 19.2. The summed E-state index contributed by atoms with van der Waals surface area (Å²) in [7, 11) is 0. The number of nitrogens with zero attached hydrogens (tertiary/aromatic N) is 3. The van der Waals surface area contributed by atoms with E-state index in [4.69, 9.17) is 17.4 Å². The Morgan fingerprint density at radius 1 is 1.37 bits per heavy atom. The molecule has 0 spiro atoms. The van der Waals surface area contributed by atoms with E-state index >= 15 is 0 Å². The molecular weight excluding hydrogens is 382 g/mol. The lowest BCUT2D eigenvalue weighted by Crippen LogP contribution is -2.32. The second-order valence-corrected chi connectivity index (χ2v) is 8.28. The first-order valence-electron chi connectivity index (χ1n) is 9.14. The second kappa shape index (κ2) is 9.28. The Balaban J connectivity index is 1.56. The van der Waals surface area contributed by atoms with E-state index in [2.05, 4.69) is 21.6 Å². The van der Waals surface area contributed by atoms with Crippen molar-refractivity contribution in [2.75, 3.05) is 12.4 Å². The van der Waals surface area contributed by atoms with Gasteiger partial charge in [0.15, 0.2) is 5.82 Å². The molecule has 1 aliphatic rings. The fraction of sp³-hybridized carbons (Fsp3) is 0.421. The van der Waals surface area contributed by atoms with Crippen LogP contribution in [0.4, 0.5) is 0 Å². The summed E-state index contributed by atoms with van der Waals surface area (Å²) in [4.78, 5) is 12.4. The largest absolute Gasteiger partial charge is 0.355 e. The molecule has 1 amide bonds. The molecule has 1 aliphatic carbocycles. The molecule has 8 heteroatoms. The first-order chi connectivity index (χ1) is 13.1. The van der Waals surface area contributed by atoms with Gasteiger partial charge in [-0.25, -0.2) is 4.68 Å². The summed E-state index contributed by atoms with van der Waals surface area (Å²) < 4.78 is 1.38. The van der Waals surface area contributed by atoms with Gasteiger partial charge in [0, 0.05) is 12.1 Å².